The van der Waals surface area contributed by atoms with Crippen LogP contribution in [0.4, 0.5) is 4.79 Å². The fourth-order valence-electron chi connectivity index (χ4n) is 4.97. The topological polar surface area (TPSA) is 239 Å². The van der Waals surface area contributed by atoms with Gasteiger partial charge in [-0.2, -0.15) is 0 Å². The number of carbonyl (C=O) groups excluding carboxylic acids is 8. The van der Waals surface area contributed by atoms with Crippen LogP contribution < -0.4 is 37.2 Å². The normalized spacial score (nSPS) is 13.3. The van der Waals surface area contributed by atoms with Gasteiger partial charge in [-0.05, 0) is 50.0 Å². The van der Waals surface area contributed by atoms with E-state index in [1.54, 1.807) is 31.2 Å². The van der Waals surface area contributed by atoms with Gasteiger partial charge < -0.3 is 46.7 Å². The molecule has 7 N–H and O–H groups in total. The van der Waals surface area contributed by atoms with Crippen molar-refractivity contribution in [2.45, 2.75) is 105 Å². The molecule has 0 fully saturated rings. The molecule has 0 aliphatic carbocycles. The van der Waals surface area contributed by atoms with Crippen LogP contribution in [0.3, 0.4) is 0 Å². The highest BCUT2D eigenvalue weighted by atomic mass is 16.5. The fraction of sp³-hybridized carbons (Fsp3) is 0.622. The highest BCUT2D eigenvalue weighted by molar-refractivity contribution is 5.97. The number of hydrogen-bond donors (Lipinski definition) is 7. The Kier molecular flexibility index (Phi) is 20.3. The van der Waals surface area contributed by atoms with Crippen molar-refractivity contribution < 1.29 is 47.8 Å². The van der Waals surface area contributed by atoms with Gasteiger partial charge in [0.2, 0.25) is 35.4 Å². The van der Waals surface area contributed by atoms with E-state index in [4.69, 9.17) is 9.47 Å². The zero-order chi connectivity index (χ0) is 41.0. The maximum Gasteiger partial charge on any atom is 0.407 e. The summed E-state index contributed by atoms with van der Waals surface area (Å²) in [6.45, 7) is 12.5. The Morgan fingerprint density at radius 3 is 1.81 bits per heavy atom. The summed E-state index contributed by atoms with van der Waals surface area (Å²) in [5.41, 5.74) is -0.770. The number of rotatable bonds is 22. The quantitative estimate of drug-likeness (QED) is 0.0821. The van der Waals surface area contributed by atoms with Gasteiger partial charge in [-0.1, -0.05) is 78.3 Å². The van der Waals surface area contributed by atoms with Crippen molar-refractivity contribution in [2.24, 2.45) is 17.8 Å². The highest BCUT2D eigenvalue weighted by Crippen LogP contribution is 2.12. The van der Waals surface area contributed by atoms with Crippen LogP contribution in [0.15, 0.2) is 30.3 Å². The minimum atomic E-state index is -1.54. The molecule has 0 aliphatic rings. The van der Waals surface area contributed by atoms with Crippen LogP contribution in [0.5, 0.6) is 0 Å². The van der Waals surface area contributed by atoms with Gasteiger partial charge in [0.15, 0.2) is 0 Å². The largest absolute Gasteiger partial charge is 0.467 e. The SMILES string of the molecule is CC[C@H](C)[C@H](NC(=O)CNC(=O)C(C)(C)NC(=O)[C@H](CC(C)C)NC(=O)CNC(=O)CNC(=O)OCc1ccccc1)C(=O)N[C@@H](CC(C)C)C(=O)OC. The summed E-state index contributed by atoms with van der Waals surface area (Å²) in [5.74, 6) is -4.87. The molecule has 0 heterocycles. The molecule has 1 aromatic rings. The number of ether oxygens (including phenoxy) is 2. The van der Waals surface area contributed by atoms with Gasteiger partial charge in [0.05, 0.1) is 20.2 Å². The first-order valence-electron chi connectivity index (χ1n) is 18.1. The molecule has 0 saturated carbocycles. The van der Waals surface area contributed by atoms with E-state index >= 15 is 0 Å². The van der Waals surface area contributed by atoms with Gasteiger partial charge in [-0.3, -0.25) is 28.8 Å². The molecule has 0 unspecified atom stereocenters. The van der Waals surface area contributed by atoms with Crippen LogP contribution in [0.25, 0.3) is 0 Å². The van der Waals surface area contributed by atoms with Crippen LogP contribution in [-0.2, 0) is 49.6 Å². The summed E-state index contributed by atoms with van der Waals surface area (Å²) in [6.07, 6.45) is 0.250. The number of hydrogen-bond acceptors (Lipinski definition) is 10. The second-order valence-corrected chi connectivity index (χ2v) is 14.4. The molecule has 1 rings (SSSR count). The second kappa shape index (κ2) is 23.4. The van der Waals surface area contributed by atoms with Crippen molar-refractivity contribution in [1.29, 1.82) is 0 Å². The molecule has 0 spiro atoms. The maximum absolute atomic E-state index is 13.3. The number of alkyl carbamates (subject to hydrolysis) is 1. The molecule has 4 atom stereocenters. The lowest BCUT2D eigenvalue weighted by Gasteiger charge is -2.29. The van der Waals surface area contributed by atoms with E-state index in [2.05, 4.69) is 37.2 Å². The van der Waals surface area contributed by atoms with Crippen molar-refractivity contribution in [3.8, 4) is 0 Å². The van der Waals surface area contributed by atoms with Crippen molar-refractivity contribution >= 4 is 47.5 Å². The van der Waals surface area contributed by atoms with Crippen LogP contribution in [-0.4, -0.2) is 97.9 Å². The first-order valence-corrected chi connectivity index (χ1v) is 18.1. The van der Waals surface area contributed by atoms with Crippen molar-refractivity contribution in [2.75, 3.05) is 26.7 Å². The molecular weight excluding hydrogens is 702 g/mol. The summed E-state index contributed by atoms with van der Waals surface area (Å²) in [4.78, 5) is 102. The second-order valence-electron chi connectivity index (χ2n) is 14.4. The van der Waals surface area contributed by atoms with Crippen LogP contribution in [0, 0.1) is 17.8 Å². The number of nitrogens with one attached hydrogen (secondary N) is 7. The lowest BCUT2D eigenvalue weighted by Crippen LogP contribution is -2.61. The third-order valence-electron chi connectivity index (χ3n) is 8.15. The van der Waals surface area contributed by atoms with Crippen molar-refractivity contribution in [3.05, 3.63) is 35.9 Å². The first kappa shape index (κ1) is 46.8. The summed E-state index contributed by atoms with van der Waals surface area (Å²) in [5, 5.41) is 17.6. The zero-order valence-electron chi connectivity index (χ0n) is 32.9. The van der Waals surface area contributed by atoms with Crippen molar-refractivity contribution in [3.63, 3.8) is 0 Å². The lowest BCUT2D eigenvalue weighted by atomic mass is 9.97. The van der Waals surface area contributed by atoms with E-state index in [9.17, 15) is 38.4 Å². The maximum atomic E-state index is 13.3. The molecule has 54 heavy (non-hydrogen) atoms. The Hall–Kier alpha value is -5.22. The van der Waals surface area contributed by atoms with Gasteiger partial charge >= 0.3 is 12.1 Å². The molecular formula is C37H59N7O10. The summed E-state index contributed by atoms with van der Waals surface area (Å²) in [7, 11) is 1.22. The molecule has 0 aliphatic heterocycles. The van der Waals surface area contributed by atoms with Gasteiger partial charge in [-0.25, -0.2) is 9.59 Å². The van der Waals surface area contributed by atoms with E-state index in [1.807, 2.05) is 40.7 Å². The van der Waals surface area contributed by atoms with Crippen LogP contribution in [0.2, 0.25) is 0 Å². The third kappa shape index (κ3) is 18.0. The Morgan fingerprint density at radius 1 is 0.685 bits per heavy atom. The zero-order valence-corrected chi connectivity index (χ0v) is 32.9. The Labute approximate surface area is 317 Å². The predicted octanol–water partition coefficient (Wildman–Crippen LogP) is 0.806. The Bertz CT molecular complexity index is 1440. The summed E-state index contributed by atoms with van der Waals surface area (Å²) < 4.78 is 9.86. The van der Waals surface area contributed by atoms with E-state index in [-0.39, 0.29) is 30.8 Å². The molecule has 17 heteroatoms. The van der Waals surface area contributed by atoms with Gasteiger partial charge in [0.1, 0.15) is 36.8 Å². The predicted molar refractivity (Wildman–Crippen MR) is 199 cm³/mol. The van der Waals surface area contributed by atoms with Crippen LogP contribution in [0.1, 0.15) is 80.2 Å². The molecule has 302 valence electrons. The number of benzene rings is 1. The number of esters is 1. The number of amides is 7. The summed E-state index contributed by atoms with van der Waals surface area (Å²) >= 11 is 0. The summed E-state index contributed by atoms with van der Waals surface area (Å²) in [6, 6.07) is 5.98. The highest BCUT2D eigenvalue weighted by Gasteiger charge is 2.34. The molecule has 17 nitrogen and oxygen atoms in total. The van der Waals surface area contributed by atoms with E-state index in [1.165, 1.54) is 21.0 Å². The first-order chi connectivity index (χ1) is 25.3. The molecule has 0 radical (unpaired) electrons. The molecule has 1 aromatic carbocycles. The third-order valence-corrected chi connectivity index (χ3v) is 8.15. The minimum Gasteiger partial charge on any atom is -0.467 e. The Morgan fingerprint density at radius 2 is 1.24 bits per heavy atom. The monoisotopic (exact) mass is 761 g/mol. The number of methoxy groups -OCH3 is 1. The molecule has 7 amide bonds. The lowest BCUT2D eigenvalue weighted by molar-refractivity contribution is -0.146. The van der Waals surface area contributed by atoms with Gasteiger partial charge in [-0.15, -0.1) is 0 Å². The average molecular weight is 762 g/mol. The van der Waals surface area contributed by atoms with Gasteiger partial charge in [0, 0.05) is 0 Å². The van der Waals surface area contributed by atoms with E-state index < -0.39 is 90.8 Å². The fourth-order valence-corrected chi connectivity index (χ4v) is 4.97. The van der Waals surface area contributed by atoms with Gasteiger partial charge in [0.25, 0.3) is 0 Å². The molecule has 0 saturated heterocycles. The standard InChI is InChI=1S/C37H59N7O10/c1-10-24(6)31(33(49)42-27(17-23(4)5)34(50)53-9)43-30(47)20-39-35(51)37(7,8)44-32(48)26(16-22(2)3)41-29(46)19-38-28(45)18-40-36(52)54-21-25-14-12-11-13-15-25/h11-15,22-24,26-27,31H,10,16-21H2,1-9H3,(H,38,45)(H,39,51)(H,40,52)(H,41,46)(H,42,49)(H,43,47)(H,44,48)/t24-,26-,27-,31-/m0/s1. The van der Waals surface area contributed by atoms with E-state index in [0.717, 1.165) is 5.56 Å². The van der Waals surface area contributed by atoms with Crippen LogP contribution >= 0.6 is 0 Å². The Balaban J connectivity index is 2.72. The van der Waals surface area contributed by atoms with Crippen molar-refractivity contribution in [1.82, 2.24) is 37.2 Å². The van der Waals surface area contributed by atoms with E-state index in [0.29, 0.717) is 12.8 Å². The number of carbonyl (C=O) groups is 8. The molecule has 0 bridgehead atoms. The minimum absolute atomic E-state index is 0.0165. The molecule has 0 aromatic heterocycles. The average Bonchev–Trinajstić information content (AvgIpc) is 3.11. The smallest absolute Gasteiger partial charge is 0.407 e.